The van der Waals surface area contributed by atoms with Crippen molar-refractivity contribution in [2.75, 3.05) is 5.32 Å². The fraction of sp³-hybridized carbons (Fsp3) is 0.214. The van der Waals surface area contributed by atoms with Gasteiger partial charge in [0.2, 0.25) is 0 Å². The van der Waals surface area contributed by atoms with Crippen LogP contribution in [0.1, 0.15) is 25.7 Å². The molecule has 0 saturated heterocycles. The normalized spacial score (nSPS) is 10.3. The lowest BCUT2D eigenvalue weighted by molar-refractivity contribution is 0.0697. The van der Waals surface area contributed by atoms with Crippen molar-refractivity contribution in [2.45, 2.75) is 20.4 Å². The smallest absolute Gasteiger partial charge is 0.335 e. The quantitative estimate of drug-likeness (QED) is 0.882. The SMILES string of the molecule is Cc1cc(CNc2cccc(C(=O)O)c2)c(C)s1. The van der Waals surface area contributed by atoms with Gasteiger partial charge in [0.05, 0.1) is 5.56 Å². The maximum absolute atomic E-state index is 10.9. The van der Waals surface area contributed by atoms with Crippen LogP contribution in [-0.4, -0.2) is 11.1 Å². The standard InChI is InChI=1S/C14H15NO2S/c1-9-6-12(10(2)18-9)8-15-13-5-3-4-11(7-13)14(16)17/h3-7,15H,8H2,1-2H3,(H,16,17). The number of nitrogens with one attached hydrogen (secondary N) is 1. The Kier molecular flexibility index (Phi) is 3.67. The minimum Gasteiger partial charge on any atom is -0.478 e. The summed E-state index contributed by atoms with van der Waals surface area (Å²) in [6, 6.07) is 9.02. The first-order valence-corrected chi connectivity index (χ1v) is 6.51. The van der Waals surface area contributed by atoms with Crippen molar-refractivity contribution in [3.8, 4) is 0 Å². The van der Waals surface area contributed by atoms with E-state index in [4.69, 9.17) is 5.11 Å². The van der Waals surface area contributed by atoms with Gasteiger partial charge in [0.15, 0.2) is 0 Å². The average molecular weight is 261 g/mol. The van der Waals surface area contributed by atoms with Gasteiger partial charge in [0.1, 0.15) is 0 Å². The molecule has 0 bridgehead atoms. The molecule has 0 radical (unpaired) electrons. The van der Waals surface area contributed by atoms with E-state index in [0.717, 1.165) is 12.2 Å². The second kappa shape index (κ2) is 5.23. The predicted molar refractivity (Wildman–Crippen MR) is 74.5 cm³/mol. The molecule has 1 heterocycles. The van der Waals surface area contributed by atoms with Crippen LogP contribution in [0.3, 0.4) is 0 Å². The Morgan fingerprint density at radius 2 is 2.11 bits per heavy atom. The number of aryl methyl sites for hydroxylation is 2. The molecule has 2 aromatic rings. The van der Waals surface area contributed by atoms with Crippen LogP contribution in [-0.2, 0) is 6.54 Å². The average Bonchev–Trinajstić information content (AvgIpc) is 2.65. The maximum atomic E-state index is 10.9. The van der Waals surface area contributed by atoms with Gasteiger partial charge < -0.3 is 10.4 Å². The molecule has 0 atom stereocenters. The molecule has 18 heavy (non-hydrogen) atoms. The Bertz CT molecular complexity index is 575. The number of carboxylic acid groups (broad SMARTS) is 1. The monoisotopic (exact) mass is 261 g/mol. The molecule has 1 aromatic carbocycles. The highest BCUT2D eigenvalue weighted by atomic mass is 32.1. The molecule has 0 saturated carbocycles. The maximum Gasteiger partial charge on any atom is 0.335 e. The summed E-state index contributed by atoms with van der Waals surface area (Å²) in [4.78, 5) is 13.5. The molecule has 3 nitrogen and oxygen atoms in total. The van der Waals surface area contributed by atoms with Crippen LogP contribution in [0.25, 0.3) is 0 Å². The van der Waals surface area contributed by atoms with E-state index in [1.54, 1.807) is 29.5 Å². The van der Waals surface area contributed by atoms with E-state index >= 15 is 0 Å². The molecule has 4 heteroatoms. The van der Waals surface area contributed by atoms with E-state index in [1.165, 1.54) is 15.3 Å². The molecule has 2 N–H and O–H groups in total. The van der Waals surface area contributed by atoms with E-state index < -0.39 is 5.97 Å². The lowest BCUT2D eigenvalue weighted by Gasteiger charge is -2.06. The van der Waals surface area contributed by atoms with Gasteiger partial charge in [-0.1, -0.05) is 6.07 Å². The molecule has 0 aliphatic rings. The zero-order valence-corrected chi connectivity index (χ0v) is 11.2. The number of anilines is 1. The van der Waals surface area contributed by atoms with Gasteiger partial charge in [0, 0.05) is 22.0 Å². The molecule has 0 amide bonds. The van der Waals surface area contributed by atoms with Gasteiger partial charge in [-0.2, -0.15) is 0 Å². The first-order valence-electron chi connectivity index (χ1n) is 5.69. The third-order valence-electron chi connectivity index (χ3n) is 2.74. The van der Waals surface area contributed by atoms with E-state index in [1.807, 2.05) is 6.07 Å². The van der Waals surface area contributed by atoms with Crippen LogP contribution in [0.4, 0.5) is 5.69 Å². The minimum absolute atomic E-state index is 0.304. The number of thiophene rings is 1. The summed E-state index contributed by atoms with van der Waals surface area (Å²) in [6.45, 7) is 4.91. The van der Waals surface area contributed by atoms with Gasteiger partial charge in [-0.3, -0.25) is 0 Å². The minimum atomic E-state index is -0.902. The van der Waals surface area contributed by atoms with E-state index in [2.05, 4.69) is 25.2 Å². The second-order valence-electron chi connectivity index (χ2n) is 4.18. The molecule has 0 unspecified atom stereocenters. The van der Waals surface area contributed by atoms with Gasteiger partial charge >= 0.3 is 5.97 Å². The third-order valence-corrected chi connectivity index (χ3v) is 3.74. The number of aromatic carboxylic acids is 1. The summed E-state index contributed by atoms with van der Waals surface area (Å²) in [7, 11) is 0. The number of carboxylic acids is 1. The molecular weight excluding hydrogens is 246 g/mol. The summed E-state index contributed by atoms with van der Waals surface area (Å²) in [5, 5.41) is 12.2. The van der Waals surface area contributed by atoms with E-state index in [9.17, 15) is 4.79 Å². The molecular formula is C14H15NO2S. The molecule has 2 rings (SSSR count). The lowest BCUT2D eigenvalue weighted by atomic mass is 10.2. The zero-order chi connectivity index (χ0) is 13.1. The molecule has 0 fully saturated rings. The van der Waals surface area contributed by atoms with E-state index in [-0.39, 0.29) is 0 Å². The highest BCUT2D eigenvalue weighted by Crippen LogP contribution is 2.21. The van der Waals surface area contributed by atoms with Crippen molar-refractivity contribution in [3.63, 3.8) is 0 Å². The van der Waals surface area contributed by atoms with Crippen LogP contribution >= 0.6 is 11.3 Å². The van der Waals surface area contributed by atoms with Crippen LogP contribution < -0.4 is 5.32 Å². The van der Waals surface area contributed by atoms with Crippen LogP contribution in [0.5, 0.6) is 0 Å². The van der Waals surface area contributed by atoms with Crippen LogP contribution in [0.15, 0.2) is 30.3 Å². The predicted octanol–water partition coefficient (Wildman–Crippen LogP) is 3.68. The van der Waals surface area contributed by atoms with Crippen LogP contribution in [0.2, 0.25) is 0 Å². The molecule has 94 valence electrons. The Balaban J connectivity index is 2.08. The van der Waals surface area contributed by atoms with Crippen molar-refractivity contribution in [1.29, 1.82) is 0 Å². The number of hydrogen-bond acceptors (Lipinski definition) is 3. The van der Waals surface area contributed by atoms with E-state index in [0.29, 0.717) is 5.56 Å². The highest BCUT2D eigenvalue weighted by molar-refractivity contribution is 7.12. The molecule has 0 aliphatic heterocycles. The van der Waals surface area contributed by atoms with Crippen molar-refractivity contribution < 1.29 is 9.90 Å². The molecule has 1 aromatic heterocycles. The number of rotatable bonds is 4. The van der Waals surface area contributed by atoms with Gasteiger partial charge in [-0.05, 0) is 43.7 Å². The Morgan fingerprint density at radius 3 is 2.72 bits per heavy atom. The summed E-state index contributed by atoms with van der Waals surface area (Å²) in [6.07, 6.45) is 0. The van der Waals surface area contributed by atoms with Crippen molar-refractivity contribution in [3.05, 3.63) is 51.2 Å². The Hall–Kier alpha value is -1.81. The van der Waals surface area contributed by atoms with Gasteiger partial charge in [-0.15, -0.1) is 11.3 Å². The van der Waals surface area contributed by atoms with Crippen molar-refractivity contribution in [2.24, 2.45) is 0 Å². The largest absolute Gasteiger partial charge is 0.478 e. The number of carbonyl (C=O) groups is 1. The highest BCUT2D eigenvalue weighted by Gasteiger charge is 2.05. The number of benzene rings is 1. The van der Waals surface area contributed by atoms with Gasteiger partial charge in [0.25, 0.3) is 0 Å². The first-order chi connectivity index (χ1) is 8.56. The third kappa shape index (κ3) is 2.90. The lowest BCUT2D eigenvalue weighted by Crippen LogP contribution is -2.02. The summed E-state index contributed by atoms with van der Waals surface area (Å²) in [5.74, 6) is -0.902. The van der Waals surface area contributed by atoms with Crippen molar-refractivity contribution in [1.82, 2.24) is 0 Å². The second-order valence-corrected chi connectivity index (χ2v) is 5.64. The first kappa shape index (κ1) is 12.6. The van der Waals surface area contributed by atoms with Crippen LogP contribution in [0, 0.1) is 13.8 Å². The fourth-order valence-electron chi connectivity index (χ4n) is 1.82. The Morgan fingerprint density at radius 1 is 1.33 bits per heavy atom. The molecule has 0 spiro atoms. The topological polar surface area (TPSA) is 49.3 Å². The van der Waals surface area contributed by atoms with Crippen molar-refractivity contribution >= 4 is 23.0 Å². The fourth-order valence-corrected chi connectivity index (χ4v) is 2.76. The Labute approximate surface area is 110 Å². The molecule has 0 aliphatic carbocycles. The number of hydrogen-bond donors (Lipinski definition) is 2. The summed E-state index contributed by atoms with van der Waals surface area (Å²) < 4.78 is 0. The van der Waals surface area contributed by atoms with Gasteiger partial charge in [-0.25, -0.2) is 4.79 Å². The summed E-state index contributed by atoms with van der Waals surface area (Å²) >= 11 is 1.78. The summed E-state index contributed by atoms with van der Waals surface area (Å²) in [5.41, 5.74) is 2.40. The zero-order valence-electron chi connectivity index (χ0n) is 10.4.